The van der Waals surface area contributed by atoms with Crippen LogP contribution in [0.25, 0.3) is 6.08 Å². The van der Waals surface area contributed by atoms with Crippen molar-refractivity contribution in [2.45, 2.75) is 20.0 Å². The SMILES string of the molecule is CC(C)Oc1c(I)cc(I)cc1C=C1C(=O)N(C)C(=O)N(C)C1=O. The highest BCUT2D eigenvalue weighted by Gasteiger charge is 2.38. The molecular weight excluding hydrogens is 538 g/mol. The molecule has 0 bridgehead atoms. The Morgan fingerprint density at radius 3 is 2.08 bits per heavy atom. The van der Waals surface area contributed by atoms with Crippen molar-refractivity contribution in [1.29, 1.82) is 0 Å². The smallest absolute Gasteiger partial charge is 0.333 e. The maximum Gasteiger partial charge on any atom is 0.333 e. The van der Waals surface area contributed by atoms with Gasteiger partial charge in [-0.15, -0.1) is 0 Å². The van der Waals surface area contributed by atoms with Crippen molar-refractivity contribution < 1.29 is 19.1 Å². The summed E-state index contributed by atoms with van der Waals surface area (Å²) >= 11 is 4.32. The summed E-state index contributed by atoms with van der Waals surface area (Å²) in [7, 11) is 2.71. The van der Waals surface area contributed by atoms with Crippen LogP contribution in [0.3, 0.4) is 0 Å². The third-order valence-corrected chi connectivity index (χ3v) is 4.76. The van der Waals surface area contributed by atoms with Gasteiger partial charge in [-0.05, 0) is 77.2 Å². The lowest BCUT2D eigenvalue weighted by atomic mass is 10.1. The van der Waals surface area contributed by atoms with Gasteiger partial charge in [0.15, 0.2) is 0 Å². The van der Waals surface area contributed by atoms with Crippen LogP contribution in [-0.4, -0.2) is 47.8 Å². The Morgan fingerprint density at radius 1 is 1.04 bits per heavy atom. The summed E-state index contributed by atoms with van der Waals surface area (Å²) in [6.45, 7) is 3.81. The number of likely N-dealkylation sites (N-methyl/N-ethyl adjacent to an activating group) is 2. The first kappa shape index (κ1) is 19.2. The summed E-state index contributed by atoms with van der Waals surface area (Å²) in [5.41, 5.74) is 0.568. The Hall–Kier alpha value is -1.17. The van der Waals surface area contributed by atoms with Crippen LogP contribution in [0.2, 0.25) is 0 Å². The normalized spacial score (nSPS) is 15.5. The van der Waals surface area contributed by atoms with E-state index in [9.17, 15) is 14.4 Å². The molecule has 1 aromatic rings. The Morgan fingerprint density at radius 2 is 1.58 bits per heavy atom. The second kappa shape index (κ2) is 7.38. The number of ether oxygens (including phenoxy) is 1. The zero-order chi connectivity index (χ0) is 18.2. The topological polar surface area (TPSA) is 66.9 Å². The molecule has 1 fully saturated rings. The predicted octanol–water partition coefficient (Wildman–Crippen LogP) is 3.12. The molecule has 2 rings (SSSR count). The van der Waals surface area contributed by atoms with Crippen LogP contribution < -0.4 is 4.74 Å². The van der Waals surface area contributed by atoms with E-state index in [0.29, 0.717) is 11.3 Å². The molecule has 0 radical (unpaired) electrons. The van der Waals surface area contributed by atoms with Gasteiger partial charge in [-0.25, -0.2) is 4.79 Å². The Balaban J connectivity index is 2.59. The van der Waals surface area contributed by atoms with Crippen LogP contribution in [0.5, 0.6) is 5.75 Å². The number of carbonyl (C=O) groups excluding carboxylic acids is 3. The molecule has 8 heteroatoms. The minimum absolute atomic E-state index is 0.0552. The molecule has 0 unspecified atom stereocenters. The molecule has 4 amide bonds. The number of nitrogens with zero attached hydrogens (tertiary/aromatic N) is 2. The summed E-state index contributed by atoms with van der Waals surface area (Å²) in [5.74, 6) is -0.624. The van der Waals surface area contributed by atoms with E-state index in [0.717, 1.165) is 16.9 Å². The number of urea groups is 1. The summed E-state index contributed by atoms with van der Waals surface area (Å²) in [6, 6.07) is 3.15. The van der Waals surface area contributed by atoms with Crippen molar-refractivity contribution in [2.24, 2.45) is 0 Å². The Labute approximate surface area is 167 Å². The standard InChI is InChI=1S/C16H16I2N2O4/c1-8(2)24-13-9(5-10(17)7-12(13)18)6-11-14(21)19(3)16(23)20(4)15(11)22/h5-8H,1-4H3. The quantitative estimate of drug-likeness (QED) is 0.328. The molecule has 1 heterocycles. The van der Waals surface area contributed by atoms with Crippen molar-refractivity contribution in [3.63, 3.8) is 0 Å². The first-order valence-corrected chi connectivity index (χ1v) is 9.26. The summed E-state index contributed by atoms with van der Waals surface area (Å²) in [6.07, 6.45) is 1.44. The Kier molecular flexibility index (Phi) is 5.89. The molecule has 1 aliphatic rings. The van der Waals surface area contributed by atoms with Crippen LogP contribution in [-0.2, 0) is 9.59 Å². The number of benzene rings is 1. The third kappa shape index (κ3) is 3.73. The van der Waals surface area contributed by atoms with Gasteiger partial charge in [0.05, 0.1) is 9.67 Å². The van der Waals surface area contributed by atoms with Gasteiger partial charge in [0, 0.05) is 23.2 Å². The first-order valence-electron chi connectivity index (χ1n) is 7.11. The van der Waals surface area contributed by atoms with E-state index in [1.807, 2.05) is 26.0 Å². The minimum atomic E-state index is -0.641. The van der Waals surface area contributed by atoms with Gasteiger partial charge in [-0.2, -0.15) is 0 Å². The third-order valence-electron chi connectivity index (χ3n) is 3.33. The van der Waals surface area contributed by atoms with E-state index in [1.54, 1.807) is 0 Å². The fourth-order valence-corrected chi connectivity index (χ4v) is 4.19. The molecule has 0 spiro atoms. The molecule has 0 saturated carbocycles. The van der Waals surface area contributed by atoms with E-state index in [4.69, 9.17) is 4.74 Å². The second-order valence-electron chi connectivity index (χ2n) is 5.54. The van der Waals surface area contributed by atoms with Gasteiger partial charge in [-0.1, -0.05) is 0 Å². The fourth-order valence-electron chi connectivity index (χ4n) is 2.18. The summed E-state index contributed by atoms with van der Waals surface area (Å²) in [4.78, 5) is 38.4. The molecule has 0 aromatic heterocycles. The predicted molar refractivity (Wildman–Crippen MR) is 107 cm³/mol. The zero-order valence-corrected chi connectivity index (χ0v) is 17.9. The molecule has 0 aliphatic carbocycles. The number of amides is 4. The lowest BCUT2D eigenvalue weighted by Gasteiger charge is -2.29. The lowest BCUT2D eigenvalue weighted by molar-refractivity contribution is -0.134. The molecule has 1 aromatic carbocycles. The molecule has 128 valence electrons. The van der Waals surface area contributed by atoms with Crippen molar-refractivity contribution in [1.82, 2.24) is 9.80 Å². The maximum absolute atomic E-state index is 12.3. The van der Waals surface area contributed by atoms with Gasteiger partial charge >= 0.3 is 6.03 Å². The summed E-state index contributed by atoms with van der Waals surface area (Å²) in [5, 5.41) is 0. The number of halogens is 2. The van der Waals surface area contributed by atoms with E-state index < -0.39 is 17.8 Å². The molecule has 6 nitrogen and oxygen atoms in total. The molecule has 1 saturated heterocycles. The highest BCUT2D eigenvalue weighted by Crippen LogP contribution is 2.32. The number of barbiturate groups is 1. The number of hydrogen-bond donors (Lipinski definition) is 0. The highest BCUT2D eigenvalue weighted by atomic mass is 127. The number of hydrogen-bond acceptors (Lipinski definition) is 4. The highest BCUT2D eigenvalue weighted by molar-refractivity contribution is 14.1. The van der Waals surface area contributed by atoms with Crippen LogP contribution in [0, 0.1) is 7.14 Å². The summed E-state index contributed by atoms with van der Waals surface area (Å²) < 4.78 is 7.68. The number of imide groups is 2. The Bertz CT molecular complexity index is 733. The lowest BCUT2D eigenvalue weighted by Crippen LogP contribution is -2.52. The van der Waals surface area contributed by atoms with E-state index >= 15 is 0 Å². The average Bonchev–Trinajstić information content (AvgIpc) is 2.50. The molecule has 24 heavy (non-hydrogen) atoms. The van der Waals surface area contributed by atoms with Gasteiger partial charge in [0.1, 0.15) is 11.3 Å². The van der Waals surface area contributed by atoms with Crippen molar-refractivity contribution in [3.05, 3.63) is 30.4 Å². The minimum Gasteiger partial charge on any atom is -0.489 e. The van der Waals surface area contributed by atoms with Gasteiger partial charge in [0.25, 0.3) is 11.8 Å². The van der Waals surface area contributed by atoms with Crippen molar-refractivity contribution >= 4 is 69.1 Å². The number of carbonyl (C=O) groups is 3. The van der Waals surface area contributed by atoms with Gasteiger partial charge in [0.2, 0.25) is 0 Å². The molecule has 1 aliphatic heterocycles. The maximum atomic E-state index is 12.3. The first-order chi connectivity index (χ1) is 11.1. The molecular formula is C16H16I2N2O4. The largest absolute Gasteiger partial charge is 0.489 e. The van der Waals surface area contributed by atoms with Gasteiger partial charge < -0.3 is 4.74 Å². The monoisotopic (exact) mass is 554 g/mol. The molecule has 0 atom stereocenters. The van der Waals surface area contributed by atoms with Crippen molar-refractivity contribution in [3.8, 4) is 5.75 Å². The zero-order valence-electron chi connectivity index (χ0n) is 13.6. The second-order valence-corrected chi connectivity index (χ2v) is 7.95. The van der Waals surface area contributed by atoms with Crippen LogP contribution in [0.15, 0.2) is 17.7 Å². The van der Waals surface area contributed by atoms with Crippen molar-refractivity contribution in [2.75, 3.05) is 14.1 Å². The van der Waals surface area contributed by atoms with Crippen LogP contribution >= 0.6 is 45.2 Å². The van der Waals surface area contributed by atoms with E-state index in [-0.39, 0.29) is 11.7 Å². The number of rotatable bonds is 3. The van der Waals surface area contributed by atoms with E-state index in [2.05, 4.69) is 45.2 Å². The molecule has 0 N–H and O–H groups in total. The van der Waals surface area contributed by atoms with Crippen LogP contribution in [0.1, 0.15) is 19.4 Å². The van der Waals surface area contributed by atoms with Crippen LogP contribution in [0.4, 0.5) is 4.79 Å². The van der Waals surface area contributed by atoms with Gasteiger partial charge in [-0.3, -0.25) is 19.4 Å². The van der Waals surface area contributed by atoms with E-state index in [1.165, 1.54) is 20.2 Å². The fraction of sp³-hybridized carbons (Fsp3) is 0.312. The average molecular weight is 554 g/mol.